The molecule has 0 aromatic heterocycles. The molecule has 2 aliphatic rings. The molecule has 4 rings (SSSR count). The summed E-state index contributed by atoms with van der Waals surface area (Å²) in [5, 5.41) is 11.0. The van der Waals surface area contributed by atoms with Gasteiger partial charge in [0, 0.05) is 37.3 Å². The summed E-state index contributed by atoms with van der Waals surface area (Å²) in [6.45, 7) is 3.96. The van der Waals surface area contributed by atoms with E-state index >= 15 is 0 Å². The van der Waals surface area contributed by atoms with E-state index in [0.717, 1.165) is 19.6 Å². The number of likely N-dealkylation sites (tertiary alicyclic amines) is 1. The number of hydrogen-bond acceptors (Lipinski definition) is 6. The molecule has 2 aliphatic heterocycles. The highest BCUT2D eigenvalue weighted by Gasteiger charge is 2.46. The van der Waals surface area contributed by atoms with Gasteiger partial charge in [-0.15, -0.1) is 0 Å². The van der Waals surface area contributed by atoms with Gasteiger partial charge in [0.2, 0.25) is 0 Å². The molecule has 2 aromatic carbocycles. The minimum atomic E-state index is -1.00. The quantitative estimate of drug-likeness (QED) is 0.394. The minimum absolute atomic E-state index is 0.110. The van der Waals surface area contributed by atoms with Crippen LogP contribution < -0.4 is 4.74 Å². The summed E-state index contributed by atoms with van der Waals surface area (Å²) in [5.74, 6) is -1.84. The number of nitrogens with zero attached hydrogens (tertiary/aromatic N) is 2. The molecule has 1 amide bonds. The molecule has 2 fully saturated rings. The topological polar surface area (TPSA) is 79.3 Å². The summed E-state index contributed by atoms with van der Waals surface area (Å²) >= 11 is 0. The molecule has 0 unspecified atom stereocenters. The predicted octanol–water partition coefficient (Wildman–Crippen LogP) is 2.98. The van der Waals surface area contributed by atoms with E-state index in [1.807, 2.05) is 0 Å². The van der Waals surface area contributed by atoms with Gasteiger partial charge in [0.25, 0.3) is 11.7 Å². The molecular weight excluding hydrogens is 427 g/mol. The van der Waals surface area contributed by atoms with Crippen molar-refractivity contribution in [3.05, 3.63) is 71.0 Å². The van der Waals surface area contributed by atoms with E-state index in [4.69, 9.17) is 9.47 Å². The average Bonchev–Trinajstić information content (AvgIpc) is 3.09. The van der Waals surface area contributed by atoms with Crippen molar-refractivity contribution < 1.29 is 28.6 Å². The normalized spacial score (nSPS) is 20.9. The number of morpholine rings is 1. The maximum Gasteiger partial charge on any atom is 0.295 e. The highest BCUT2D eigenvalue weighted by atomic mass is 19.1. The molecule has 174 valence electrons. The van der Waals surface area contributed by atoms with Crippen molar-refractivity contribution in [2.24, 2.45) is 0 Å². The molecule has 0 aliphatic carbocycles. The first kappa shape index (κ1) is 22.9. The number of amides is 1. The van der Waals surface area contributed by atoms with Crippen molar-refractivity contribution in [1.82, 2.24) is 9.80 Å². The van der Waals surface area contributed by atoms with E-state index in [2.05, 4.69) is 4.90 Å². The number of benzene rings is 2. The van der Waals surface area contributed by atoms with Crippen LogP contribution in [0.2, 0.25) is 0 Å². The molecule has 0 saturated carbocycles. The van der Waals surface area contributed by atoms with Gasteiger partial charge in [0.15, 0.2) is 0 Å². The van der Waals surface area contributed by atoms with Gasteiger partial charge in [-0.1, -0.05) is 18.2 Å². The summed E-state index contributed by atoms with van der Waals surface area (Å²) in [4.78, 5) is 29.6. The number of aliphatic hydroxyl groups is 1. The Morgan fingerprint density at radius 2 is 1.79 bits per heavy atom. The average molecular weight is 454 g/mol. The molecule has 33 heavy (non-hydrogen) atoms. The number of aliphatic hydroxyl groups excluding tert-OH is 1. The number of halogens is 1. The first-order valence-corrected chi connectivity index (χ1v) is 11.0. The molecule has 0 bridgehead atoms. The molecule has 0 radical (unpaired) electrons. The van der Waals surface area contributed by atoms with Crippen LogP contribution in [0, 0.1) is 5.82 Å². The zero-order valence-electron chi connectivity index (χ0n) is 18.5. The SMILES string of the molecule is COc1ccc(C(O)=C2C(=O)C(=O)N(CCCN3CCOCC3)[C@@H]2c2ccccc2F)cc1. The van der Waals surface area contributed by atoms with E-state index in [9.17, 15) is 19.1 Å². The van der Waals surface area contributed by atoms with Crippen molar-refractivity contribution >= 4 is 17.4 Å². The van der Waals surface area contributed by atoms with E-state index in [1.54, 1.807) is 42.5 Å². The van der Waals surface area contributed by atoms with Crippen LogP contribution in [0.1, 0.15) is 23.6 Å². The largest absolute Gasteiger partial charge is 0.507 e. The molecule has 2 aromatic rings. The number of ketones is 1. The predicted molar refractivity (Wildman–Crippen MR) is 120 cm³/mol. The Morgan fingerprint density at radius 1 is 1.09 bits per heavy atom. The fraction of sp³-hybridized carbons (Fsp3) is 0.360. The van der Waals surface area contributed by atoms with Gasteiger partial charge in [0.1, 0.15) is 17.3 Å². The Kier molecular flexibility index (Phi) is 7.05. The van der Waals surface area contributed by atoms with E-state index in [-0.39, 0.29) is 23.4 Å². The summed E-state index contributed by atoms with van der Waals surface area (Å²) in [6.07, 6.45) is 0.612. The molecule has 1 N–H and O–H groups in total. The Bertz CT molecular complexity index is 1050. The van der Waals surface area contributed by atoms with Crippen LogP contribution in [-0.4, -0.2) is 73.1 Å². The standard InChI is InChI=1S/C25H27FN2O5/c1-32-18-9-7-17(8-10-18)23(29)21-22(19-5-2-3-6-20(19)26)28(25(31)24(21)30)12-4-11-27-13-15-33-16-14-27/h2-3,5-10,22,29H,4,11-16H2,1H3/t22-/m1/s1. The van der Waals surface area contributed by atoms with Crippen molar-refractivity contribution in [3.63, 3.8) is 0 Å². The summed E-state index contributed by atoms with van der Waals surface area (Å²) in [7, 11) is 1.52. The van der Waals surface area contributed by atoms with Gasteiger partial charge in [-0.05, 0) is 36.8 Å². The van der Waals surface area contributed by atoms with E-state index < -0.39 is 23.5 Å². The third-order valence-electron chi connectivity index (χ3n) is 6.08. The van der Waals surface area contributed by atoms with Crippen LogP contribution >= 0.6 is 0 Å². The monoisotopic (exact) mass is 454 g/mol. The number of hydrogen-bond donors (Lipinski definition) is 1. The molecule has 0 spiro atoms. The first-order valence-electron chi connectivity index (χ1n) is 11.0. The van der Waals surface area contributed by atoms with E-state index in [0.29, 0.717) is 30.9 Å². The van der Waals surface area contributed by atoms with Gasteiger partial charge in [0.05, 0.1) is 31.9 Å². The molecule has 8 heteroatoms. The third-order valence-corrected chi connectivity index (χ3v) is 6.08. The van der Waals surface area contributed by atoms with Gasteiger partial charge in [-0.2, -0.15) is 0 Å². The molecule has 2 heterocycles. The smallest absolute Gasteiger partial charge is 0.295 e. The Balaban J connectivity index is 1.67. The highest BCUT2D eigenvalue weighted by molar-refractivity contribution is 6.46. The van der Waals surface area contributed by atoms with Gasteiger partial charge in [-0.25, -0.2) is 4.39 Å². The molecular formula is C25H27FN2O5. The highest BCUT2D eigenvalue weighted by Crippen LogP contribution is 2.40. The number of rotatable bonds is 7. The van der Waals surface area contributed by atoms with Crippen molar-refractivity contribution in [3.8, 4) is 5.75 Å². The number of methoxy groups -OCH3 is 1. The zero-order valence-corrected chi connectivity index (χ0v) is 18.5. The second-order valence-corrected chi connectivity index (χ2v) is 8.05. The fourth-order valence-corrected chi connectivity index (χ4v) is 4.32. The van der Waals surface area contributed by atoms with Crippen molar-refractivity contribution in [2.45, 2.75) is 12.5 Å². The number of carbonyl (C=O) groups excluding carboxylic acids is 2. The lowest BCUT2D eigenvalue weighted by atomic mass is 9.95. The first-order chi connectivity index (χ1) is 16.0. The van der Waals surface area contributed by atoms with Gasteiger partial charge in [-0.3, -0.25) is 14.5 Å². The van der Waals surface area contributed by atoms with Gasteiger partial charge >= 0.3 is 0 Å². The second-order valence-electron chi connectivity index (χ2n) is 8.05. The van der Waals surface area contributed by atoms with Crippen LogP contribution in [0.3, 0.4) is 0 Å². The van der Waals surface area contributed by atoms with Crippen molar-refractivity contribution in [1.29, 1.82) is 0 Å². The maximum absolute atomic E-state index is 14.8. The zero-order chi connectivity index (χ0) is 23.4. The minimum Gasteiger partial charge on any atom is -0.507 e. The summed E-state index contributed by atoms with van der Waals surface area (Å²) in [6, 6.07) is 11.5. The Morgan fingerprint density at radius 3 is 2.45 bits per heavy atom. The lowest BCUT2D eigenvalue weighted by Crippen LogP contribution is -2.39. The van der Waals surface area contributed by atoms with Crippen LogP contribution in [-0.2, 0) is 14.3 Å². The Labute approximate surface area is 192 Å². The number of ether oxygens (including phenoxy) is 2. The van der Waals surface area contributed by atoms with Crippen LogP contribution in [0.15, 0.2) is 54.1 Å². The number of Topliss-reactive ketones (excluding diaryl/α,β-unsaturated/α-hetero) is 1. The third kappa shape index (κ3) is 4.77. The maximum atomic E-state index is 14.8. The Hall–Kier alpha value is -3.23. The number of carbonyl (C=O) groups is 2. The summed E-state index contributed by atoms with van der Waals surface area (Å²) in [5.41, 5.74) is 0.420. The summed E-state index contributed by atoms with van der Waals surface area (Å²) < 4.78 is 25.3. The van der Waals surface area contributed by atoms with Gasteiger partial charge < -0.3 is 19.5 Å². The lowest BCUT2D eigenvalue weighted by molar-refractivity contribution is -0.140. The lowest BCUT2D eigenvalue weighted by Gasteiger charge is -2.29. The molecule has 1 atom stereocenters. The van der Waals surface area contributed by atoms with Crippen molar-refractivity contribution in [2.75, 3.05) is 46.5 Å². The molecule has 7 nitrogen and oxygen atoms in total. The van der Waals surface area contributed by atoms with Crippen LogP contribution in [0.5, 0.6) is 5.75 Å². The second kappa shape index (κ2) is 10.1. The molecule has 2 saturated heterocycles. The van der Waals surface area contributed by atoms with Crippen LogP contribution in [0.4, 0.5) is 4.39 Å². The van der Waals surface area contributed by atoms with Crippen LogP contribution in [0.25, 0.3) is 5.76 Å². The fourth-order valence-electron chi connectivity index (χ4n) is 4.32. The van der Waals surface area contributed by atoms with E-state index in [1.165, 1.54) is 18.1 Å².